The van der Waals surface area contributed by atoms with Crippen LogP contribution >= 0.6 is 24.0 Å². The number of rotatable bonds is 5. The largest absolute Gasteiger partial charge is 0.490 e. The Morgan fingerprint density at radius 2 is 2.40 bits per heavy atom. The molecule has 1 saturated heterocycles. The van der Waals surface area contributed by atoms with Gasteiger partial charge in [0, 0.05) is 18.2 Å². The van der Waals surface area contributed by atoms with Crippen molar-refractivity contribution in [1.29, 1.82) is 0 Å². The van der Waals surface area contributed by atoms with Gasteiger partial charge in [-0.15, -0.1) is 12.4 Å². The van der Waals surface area contributed by atoms with E-state index in [0.29, 0.717) is 29.1 Å². The lowest BCUT2D eigenvalue weighted by Crippen LogP contribution is -2.46. The van der Waals surface area contributed by atoms with E-state index in [2.05, 4.69) is 20.4 Å². The van der Waals surface area contributed by atoms with Crippen molar-refractivity contribution in [3.05, 3.63) is 23.0 Å². The molecule has 0 aliphatic carbocycles. The third-order valence-corrected chi connectivity index (χ3v) is 3.21. The molecular formula is C12H17Cl2N3O3. The van der Waals surface area contributed by atoms with Crippen molar-refractivity contribution < 1.29 is 14.3 Å². The molecule has 2 N–H and O–H groups in total. The van der Waals surface area contributed by atoms with Gasteiger partial charge in [0.2, 0.25) is 0 Å². The van der Waals surface area contributed by atoms with Gasteiger partial charge in [-0.1, -0.05) is 11.6 Å². The number of carbonyl (C=O) groups excluding carboxylic acids is 1. The monoisotopic (exact) mass is 321 g/mol. The van der Waals surface area contributed by atoms with Crippen LogP contribution in [0.1, 0.15) is 12.0 Å². The zero-order valence-corrected chi connectivity index (χ0v) is 12.6. The first-order valence-electron chi connectivity index (χ1n) is 6.01. The summed E-state index contributed by atoms with van der Waals surface area (Å²) in [5.41, 5.74) is 0.686. The lowest BCUT2D eigenvalue weighted by Gasteiger charge is -2.27. The number of halogens is 2. The van der Waals surface area contributed by atoms with Crippen molar-refractivity contribution >= 4 is 30.1 Å². The summed E-state index contributed by atoms with van der Waals surface area (Å²) in [7, 11) is 1.31. The van der Waals surface area contributed by atoms with Crippen LogP contribution in [-0.2, 0) is 11.3 Å². The van der Waals surface area contributed by atoms with Gasteiger partial charge >= 0.3 is 6.09 Å². The highest BCUT2D eigenvalue weighted by Crippen LogP contribution is 2.19. The van der Waals surface area contributed by atoms with Gasteiger partial charge in [0.05, 0.1) is 13.3 Å². The fourth-order valence-corrected chi connectivity index (χ4v) is 1.77. The summed E-state index contributed by atoms with van der Waals surface area (Å²) >= 11 is 5.95. The number of aromatic nitrogens is 1. The minimum atomic E-state index is -0.513. The summed E-state index contributed by atoms with van der Waals surface area (Å²) in [4.78, 5) is 15.0. The molecule has 2 heterocycles. The van der Waals surface area contributed by atoms with Gasteiger partial charge in [-0.25, -0.2) is 9.78 Å². The smallest absolute Gasteiger partial charge is 0.407 e. The van der Waals surface area contributed by atoms with Crippen LogP contribution in [0.2, 0.25) is 5.15 Å². The summed E-state index contributed by atoms with van der Waals surface area (Å²) < 4.78 is 10.1. The average Bonchev–Trinajstić information content (AvgIpc) is 2.36. The van der Waals surface area contributed by atoms with Crippen molar-refractivity contribution in [2.75, 3.05) is 20.3 Å². The second-order valence-corrected chi connectivity index (χ2v) is 4.57. The lowest BCUT2D eigenvalue weighted by atomic mass is 10.1. The minimum absolute atomic E-state index is 0. The van der Waals surface area contributed by atoms with Crippen molar-refractivity contribution in [1.82, 2.24) is 15.6 Å². The van der Waals surface area contributed by atoms with Crippen LogP contribution in [0.5, 0.6) is 5.75 Å². The molecule has 1 aromatic rings. The fraction of sp³-hybridized carbons (Fsp3) is 0.500. The molecule has 6 nitrogen and oxygen atoms in total. The highest BCUT2D eigenvalue weighted by molar-refractivity contribution is 6.30. The van der Waals surface area contributed by atoms with Crippen LogP contribution in [0.3, 0.4) is 0 Å². The van der Waals surface area contributed by atoms with Gasteiger partial charge in [-0.05, 0) is 19.0 Å². The summed E-state index contributed by atoms with van der Waals surface area (Å²) in [5.74, 6) is 0.639. The van der Waals surface area contributed by atoms with Crippen LogP contribution in [0.4, 0.5) is 4.79 Å². The van der Waals surface area contributed by atoms with Crippen LogP contribution in [-0.4, -0.2) is 37.4 Å². The molecule has 20 heavy (non-hydrogen) atoms. The predicted molar refractivity (Wildman–Crippen MR) is 77.6 cm³/mol. The van der Waals surface area contributed by atoms with E-state index < -0.39 is 6.09 Å². The fourth-order valence-electron chi connectivity index (χ4n) is 1.60. The van der Waals surface area contributed by atoms with Gasteiger partial charge in [-0.2, -0.15) is 0 Å². The molecule has 0 bridgehead atoms. The molecular weight excluding hydrogens is 305 g/mol. The Morgan fingerprint density at radius 3 is 3.00 bits per heavy atom. The zero-order valence-electron chi connectivity index (χ0n) is 11.0. The second-order valence-electron chi connectivity index (χ2n) is 4.22. The Balaban J connectivity index is 0.00000200. The van der Waals surface area contributed by atoms with E-state index in [1.54, 1.807) is 12.3 Å². The summed E-state index contributed by atoms with van der Waals surface area (Å²) in [6.45, 7) is 1.89. The van der Waals surface area contributed by atoms with Gasteiger partial charge in [0.1, 0.15) is 17.5 Å². The van der Waals surface area contributed by atoms with Crippen LogP contribution in [0, 0.1) is 0 Å². The maximum absolute atomic E-state index is 11.0. The number of nitrogens with zero attached hydrogens (tertiary/aromatic N) is 1. The first kappa shape index (κ1) is 16.8. The van der Waals surface area contributed by atoms with E-state index in [-0.39, 0.29) is 19.0 Å². The molecule has 1 amide bonds. The Kier molecular flexibility index (Phi) is 6.84. The molecule has 112 valence electrons. The van der Waals surface area contributed by atoms with E-state index in [9.17, 15) is 4.79 Å². The Labute approximate surface area is 128 Å². The molecule has 1 fully saturated rings. The molecule has 1 aromatic heterocycles. The SMILES string of the molecule is COC(=O)NCc1cc(OC[C@@H]2CCN2)cnc1Cl.Cl. The summed E-state index contributed by atoms with van der Waals surface area (Å²) in [5, 5.41) is 6.13. The molecule has 1 aliphatic heterocycles. The number of ether oxygens (including phenoxy) is 2. The average molecular weight is 322 g/mol. The molecule has 0 aromatic carbocycles. The molecule has 0 unspecified atom stereocenters. The van der Waals surface area contributed by atoms with E-state index in [1.807, 2.05) is 0 Å². The van der Waals surface area contributed by atoms with Crippen LogP contribution < -0.4 is 15.4 Å². The predicted octanol–water partition coefficient (Wildman–Crippen LogP) is 1.75. The topological polar surface area (TPSA) is 72.5 Å². The van der Waals surface area contributed by atoms with Crippen molar-refractivity contribution in [3.8, 4) is 5.75 Å². The first-order chi connectivity index (χ1) is 9.19. The maximum atomic E-state index is 11.0. The van der Waals surface area contributed by atoms with E-state index in [4.69, 9.17) is 16.3 Å². The maximum Gasteiger partial charge on any atom is 0.407 e. The Hall–Kier alpha value is -1.24. The quantitative estimate of drug-likeness (QED) is 0.808. The van der Waals surface area contributed by atoms with Crippen LogP contribution in [0.15, 0.2) is 12.3 Å². The Bertz CT molecular complexity index is 456. The first-order valence-corrected chi connectivity index (χ1v) is 6.39. The number of carbonyl (C=O) groups is 1. The molecule has 0 saturated carbocycles. The van der Waals surface area contributed by atoms with Crippen LogP contribution in [0.25, 0.3) is 0 Å². The molecule has 2 rings (SSSR count). The molecule has 0 radical (unpaired) electrons. The van der Waals surface area contributed by atoms with Gasteiger partial charge < -0.3 is 20.1 Å². The molecule has 1 aliphatic rings. The standard InChI is InChI=1S/C12H16ClN3O3.ClH/c1-18-12(17)16-5-8-4-10(6-15-11(8)13)19-7-9-2-3-14-9;/h4,6,9,14H,2-3,5,7H2,1H3,(H,16,17);1H/t9-;/m0./s1. The van der Waals surface area contributed by atoms with Crippen molar-refractivity contribution in [3.63, 3.8) is 0 Å². The van der Waals surface area contributed by atoms with Gasteiger partial charge in [0.15, 0.2) is 0 Å². The van der Waals surface area contributed by atoms with Gasteiger partial charge in [0.25, 0.3) is 0 Å². The van der Waals surface area contributed by atoms with E-state index in [0.717, 1.165) is 13.0 Å². The summed E-state index contributed by atoms with van der Waals surface area (Å²) in [6, 6.07) is 2.18. The minimum Gasteiger partial charge on any atom is -0.490 e. The number of pyridine rings is 1. The molecule has 0 spiro atoms. The normalized spacial score (nSPS) is 16.6. The highest BCUT2D eigenvalue weighted by Gasteiger charge is 2.17. The number of hydrogen-bond donors (Lipinski definition) is 2. The molecule has 1 atom stereocenters. The highest BCUT2D eigenvalue weighted by atomic mass is 35.5. The number of methoxy groups -OCH3 is 1. The third-order valence-electron chi connectivity index (χ3n) is 2.87. The summed E-state index contributed by atoms with van der Waals surface area (Å²) in [6.07, 6.45) is 2.18. The van der Waals surface area contributed by atoms with E-state index in [1.165, 1.54) is 7.11 Å². The molecule has 8 heteroatoms. The van der Waals surface area contributed by atoms with Gasteiger partial charge in [-0.3, -0.25) is 0 Å². The number of hydrogen-bond acceptors (Lipinski definition) is 5. The number of alkyl carbamates (subject to hydrolysis) is 1. The van der Waals surface area contributed by atoms with Crippen molar-refractivity contribution in [2.24, 2.45) is 0 Å². The number of nitrogens with one attached hydrogen (secondary N) is 2. The Morgan fingerprint density at radius 1 is 1.65 bits per heavy atom. The lowest BCUT2D eigenvalue weighted by molar-refractivity contribution is 0.170. The van der Waals surface area contributed by atoms with E-state index >= 15 is 0 Å². The second kappa shape index (κ2) is 8.14. The van der Waals surface area contributed by atoms with Crippen molar-refractivity contribution in [2.45, 2.75) is 19.0 Å². The third kappa shape index (κ3) is 4.70. The zero-order chi connectivity index (χ0) is 13.7. The number of amides is 1.